The Labute approximate surface area is 170 Å². The number of hydrogen-bond acceptors (Lipinski definition) is 5. The van der Waals surface area contributed by atoms with Crippen LogP contribution in [0, 0.1) is 16.7 Å². The normalized spacial score (nSPS) is 15.0. The molecule has 0 bridgehead atoms. The summed E-state index contributed by atoms with van der Waals surface area (Å²) >= 11 is 4.56. The molecule has 1 aliphatic rings. The van der Waals surface area contributed by atoms with Gasteiger partial charge in [-0.2, -0.15) is 5.26 Å². The number of rotatable bonds is 4. The topological polar surface area (TPSA) is 82.8 Å². The minimum atomic E-state index is -0.179. The van der Waals surface area contributed by atoms with Crippen molar-refractivity contribution in [2.45, 2.75) is 31.7 Å². The number of amides is 1. The lowest BCUT2D eigenvalue weighted by Gasteiger charge is -2.29. The van der Waals surface area contributed by atoms with Gasteiger partial charge in [-0.15, -0.1) is 0 Å². The Bertz CT molecular complexity index is 949. The number of hydrogen-bond donors (Lipinski definition) is 1. The van der Waals surface area contributed by atoms with E-state index in [2.05, 4.69) is 32.3 Å². The van der Waals surface area contributed by atoms with Crippen LogP contribution in [0.25, 0.3) is 0 Å². The van der Waals surface area contributed by atoms with Crippen LogP contribution in [-0.4, -0.2) is 22.4 Å². The average molecular weight is 444 g/mol. The molecule has 5 nitrogen and oxygen atoms in total. The van der Waals surface area contributed by atoms with Crippen molar-refractivity contribution in [1.82, 2.24) is 4.98 Å². The summed E-state index contributed by atoms with van der Waals surface area (Å²) in [5, 5.41) is 12.7. The third-order valence-electron chi connectivity index (χ3n) is 4.24. The number of anilines is 1. The molecule has 1 aromatic heterocycles. The second-order valence-electron chi connectivity index (χ2n) is 7.23. The van der Waals surface area contributed by atoms with Crippen molar-refractivity contribution in [3.8, 4) is 6.07 Å². The number of nitriles is 1. The van der Waals surface area contributed by atoms with E-state index in [-0.39, 0.29) is 22.9 Å². The van der Waals surface area contributed by atoms with Crippen molar-refractivity contribution in [1.29, 1.82) is 5.26 Å². The van der Waals surface area contributed by atoms with Crippen molar-refractivity contribution in [3.05, 3.63) is 51.6 Å². The number of nitrogens with one attached hydrogen (secondary N) is 1. The fourth-order valence-corrected chi connectivity index (χ4v) is 4.05. The molecule has 0 saturated heterocycles. The van der Waals surface area contributed by atoms with Gasteiger partial charge in [-0.05, 0) is 42.2 Å². The molecule has 0 unspecified atom stereocenters. The van der Waals surface area contributed by atoms with Gasteiger partial charge in [0.05, 0.1) is 17.0 Å². The molecule has 0 saturated carbocycles. The predicted molar refractivity (Wildman–Crippen MR) is 109 cm³/mol. The van der Waals surface area contributed by atoms with Gasteiger partial charge in [0.25, 0.3) is 0 Å². The highest BCUT2D eigenvalue weighted by atomic mass is 79.9. The smallest absolute Gasteiger partial charge is 0.234 e. The number of nitrogens with zero attached hydrogens (tertiary/aromatic N) is 2. The highest BCUT2D eigenvalue weighted by Gasteiger charge is 2.32. The van der Waals surface area contributed by atoms with Crippen LogP contribution in [-0.2, 0) is 11.2 Å². The van der Waals surface area contributed by atoms with Gasteiger partial charge < -0.3 is 5.32 Å². The molecule has 1 heterocycles. The van der Waals surface area contributed by atoms with Gasteiger partial charge in [-0.3, -0.25) is 9.59 Å². The number of Topliss-reactive ketones (excluding diaryl/α,β-unsaturated/α-hetero) is 1. The van der Waals surface area contributed by atoms with E-state index >= 15 is 0 Å². The van der Waals surface area contributed by atoms with Gasteiger partial charge in [-0.25, -0.2) is 4.98 Å². The van der Waals surface area contributed by atoms with Gasteiger partial charge in [0.15, 0.2) is 5.78 Å². The number of benzene rings is 1. The summed E-state index contributed by atoms with van der Waals surface area (Å²) in [5.41, 5.74) is 2.14. The van der Waals surface area contributed by atoms with Crippen LogP contribution in [0.5, 0.6) is 0 Å². The van der Waals surface area contributed by atoms with E-state index < -0.39 is 0 Å². The molecule has 0 radical (unpaired) electrons. The molecule has 0 atom stereocenters. The lowest BCUT2D eigenvalue weighted by Crippen LogP contribution is -2.28. The van der Waals surface area contributed by atoms with Crippen LogP contribution in [0.3, 0.4) is 0 Å². The number of ketones is 1. The van der Waals surface area contributed by atoms with Crippen LogP contribution < -0.4 is 5.32 Å². The second-order valence-corrected chi connectivity index (χ2v) is 9.11. The van der Waals surface area contributed by atoms with E-state index in [0.717, 1.165) is 4.47 Å². The van der Waals surface area contributed by atoms with Crippen LogP contribution in [0.4, 0.5) is 5.69 Å². The first-order valence-electron chi connectivity index (χ1n) is 8.43. The van der Waals surface area contributed by atoms with Crippen molar-refractivity contribution >= 4 is 45.1 Å². The van der Waals surface area contributed by atoms with Crippen molar-refractivity contribution in [3.63, 3.8) is 0 Å². The maximum absolute atomic E-state index is 12.4. The van der Waals surface area contributed by atoms with Crippen LogP contribution in [0.15, 0.2) is 39.8 Å². The van der Waals surface area contributed by atoms with Crippen molar-refractivity contribution < 1.29 is 9.59 Å². The van der Waals surface area contributed by atoms with Crippen LogP contribution in [0.2, 0.25) is 0 Å². The van der Waals surface area contributed by atoms with Gasteiger partial charge in [0, 0.05) is 22.1 Å². The monoisotopic (exact) mass is 443 g/mol. The maximum Gasteiger partial charge on any atom is 0.234 e. The molecule has 1 N–H and O–H groups in total. The first-order chi connectivity index (χ1) is 12.8. The summed E-state index contributed by atoms with van der Waals surface area (Å²) in [6, 6.07) is 11.0. The SMILES string of the molecule is CC1(C)CC(=O)c2cc(C#N)c(SCC(=O)Nc3ccc(Br)cc3)nc2C1. The number of carbonyl (C=O) groups is 2. The van der Waals surface area contributed by atoms with E-state index in [1.807, 2.05) is 26.0 Å². The molecule has 1 amide bonds. The standard InChI is InChI=1S/C20H18BrN3O2S/c1-20(2)8-16-15(17(25)9-20)7-12(10-22)19(24-16)27-11-18(26)23-14-5-3-13(21)4-6-14/h3-7H,8-9,11H2,1-2H3,(H,23,26). The number of halogens is 1. The minimum Gasteiger partial charge on any atom is -0.325 e. The molecule has 0 spiro atoms. The largest absolute Gasteiger partial charge is 0.325 e. The van der Waals surface area contributed by atoms with Gasteiger partial charge >= 0.3 is 0 Å². The molecule has 2 aromatic rings. The lowest BCUT2D eigenvalue weighted by molar-refractivity contribution is -0.113. The third-order valence-corrected chi connectivity index (χ3v) is 5.76. The molecule has 3 rings (SSSR count). The maximum atomic E-state index is 12.4. The molecule has 0 aliphatic heterocycles. The molecule has 0 fully saturated rings. The van der Waals surface area contributed by atoms with Gasteiger partial charge in [0.1, 0.15) is 11.1 Å². The van der Waals surface area contributed by atoms with E-state index in [0.29, 0.717) is 40.4 Å². The fourth-order valence-electron chi connectivity index (χ4n) is 3.01. The van der Waals surface area contributed by atoms with Crippen molar-refractivity contribution in [2.24, 2.45) is 5.41 Å². The Hall–Kier alpha value is -2.17. The summed E-state index contributed by atoms with van der Waals surface area (Å²) in [6.07, 6.45) is 1.13. The summed E-state index contributed by atoms with van der Waals surface area (Å²) in [6.45, 7) is 4.07. The Balaban J connectivity index is 1.75. The van der Waals surface area contributed by atoms with Crippen LogP contribution in [0.1, 0.15) is 41.9 Å². The Morgan fingerprint density at radius 3 is 2.70 bits per heavy atom. The predicted octanol–water partition coefficient (Wildman–Crippen LogP) is 4.60. The molecule has 138 valence electrons. The van der Waals surface area contributed by atoms with E-state index in [1.54, 1.807) is 18.2 Å². The molecule has 1 aromatic carbocycles. The molecule has 1 aliphatic carbocycles. The summed E-state index contributed by atoms with van der Waals surface area (Å²) in [5.74, 6) is -0.0228. The molecular formula is C20H18BrN3O2S. The van der Waals surface area contributed by atoms with Crippen LogP contribution >= 0.6 is 27.7 Å². The lowest BCUT2D eigenvalue weighted by atomic mass is 9.75. The van der Waals surface area contributed by atoms with Gasteiger partial charge in [0.2, 0.25) is 5.91 Å². The number of carbonyl (C=O) groups excluding carboxylic acids is 2. The summed E-state index contributed by atoms with van der Waals surface area (Å²) < 4.78 is 0.935. The highest BCUT2D eigenvalue weighted by Crippen LogP contribution is 2.35. The minimum absolute atomic E-state index is 0.0229. The van der Waals surface area contributed by atoms with E-state index in [4.69, 9.17) is 0 Å². The quantitative estimate of drug-likeness (QED) is 0.697. The summed E-state index contributed by atoms with van der Waals surface area (Å²) in [4.78, 5) is 29.1. The number of thioether (sulfide) groups is 1. The van der Waals surface area contributed by atoms with Gasteiger partial charge in [-0.1, -0.05) is 41.5 Å². The molecule has 7 heteroatoms. The zero-order chi connectivity index (χ0) is 19.6. The molecular weight excluding hydrogens is 426 g/mol. The highest BCUT2D eigenvalue weighted by molar-refractivity contribution is 9.10. The first kappa shape index (κ1) is 19.6. The second kappa shape index (κ2) is 7.83. The fraction of sp³-hybridized carbons (Fsp3) is 0.300. The van der Waals surface area contributed by atoms with E-state index in [1.165, 1.54) is 11.8 Å². The number of pyridine rings is 1. The Morgan fingerprint density at radius 1 is 1.33 bits per heavy atom. The number of fused-ring (bicyclic) bond motifs is 1. The number of aromatic nitrogens is 1. The third kappa shape index (κ3) is 4.76. The van der Waals surface area contributed by atoms with Crippen molar-refractivity contribution in [2.75, 3.05) is 11.1 Å². The average Bonchev–Trinajstić information content (AvgIpc) is 2.60. The zero-order valence-electron chi connectivity index (χ0n) is 15.0. The van der Waals surface area contributed by atoms with E-state index in [9.17, 15) is 14.9 Å². The Kier molecular flexibility index (Phi) is 5.68. The first-order valence-corrected chi connectivity index (χ1v) is 10.2. The summed E-state index contributed by atoms with van der Waals surface area (Å²) in [7, 11) is 0. The Morgan fingerprint density at radius 2 is 2.04 bits per heavy atom. The molecule has 27 heavy (non-hydrogen) atoms. The zero-order valence-corrected chi connectivity index (χ0v) is 17.4.